The van der Waals surface area contributed by atoms with Crippen LogP contribution in [0.1, 0.15) is 105 Å². The van der Waals surface area contributed by atoms with Gasteiger partial charge in [-0.05, 0) is 103 Å². The lowest BCUT2D eigenvalue weighted by Gasteiger charge is -2.40. The summed E-state index contributed by atoms with van der Waals surface area (Å²) in [6.07, 6.45) is 0. The highest BCUT2D eigenvalue weighted by Gasteiger charge is 2.44. The van der Waals surface area contributed by atoms with Gasteiger partial charge in [-0.1, -0.05) is 330 Å². The maximum atomic E-state index is 16.0. The van der Waals surface area contributed by atoms with E-state index in [0.717, 1.165) is 33.4 Å². The van der Waals surface area contributed by atoms with E-state index in [1.54, 1.807) is 0 Å². The van der Waals surface area contributed by atoms with E-state index in [1.807, 2.05) is 36.4 Å². The second-order valence-corrected chi connectivity index (χ2v) is 24.2. The van der Waals surface area contributed by atoms with E-state index in [1.165, 1.54) is 33.4 Å². The predicted octanol–water partition coefficient (Wildman–Crippen LogP) is 20.7. The normalized spacial score (nSPS) is 14.3. The van der Waals surface area contributed by atoms with Gasteiger partial charge in [0.1, 0.15) is 17.2 Å². The van der Waals surface area contributed by atoms with E-state index in [2.05, 4.69) is 330 Å². The van der Waals surface area contributed by atoms with Crippen LogP contribution in [-0.2, 0) is 20.8 Å². The average Bonchev–Trinajstić information content (AvgIpc) is 0.992. The van der Waals surface area contributed by atoms with Crippen molar-refractivity contribution in [3.8, 4) is 17.2 Å². The summed E-state index contributed by atoms with van der Waals surface area (Å²) >= 11 is 0. The lowest BCUT2D eigenvalue weighted by Crippen LogP contribution is -2.33. The molecule has 422 valence electrons. The lowest BCUT2D eigenvalue weighted by molar-refractivity contribution is 0.298. The topological polar surface area (TPSA) is 44.8 Å². The Morgan fingerprint density at radius 2 is 0.372 bits per heavy atom. The van der Waals surface area contributed by atoms with E-state index in [9.17, 15) is 0 Å². The molecule has 3 atom stereocenters. The summed E-state index contributed by atoms with van der Waals surface area (Å²) in [4.78, 5) is 0. The minimum Gasteiger partial charge on any atom is -0.386 e. The van der Waals surface area contributed by atoms with Gasteiger partial charge in [0.2, 0.25) is 0 Å². The van der Waals surface area contributed by atoms with Crippen LogP contribution in [0.3, 0.4) is 0 Å². The van der Waals surface area contributed by atoms with Crippen molar-refractivity contribution in [2.45, 2.75) is 54.8 Å². The third-order valence-electron chi connectivity index (χ3n) is 17.7. The van der Waals surface area contributed by atoms with Gasteiger partial charge in [-0.2, -0.15) is 4.57 Å². The Kier molecular flexibility index (Phi) is 16.6. The summed E-state index contributed by atoms with van der Waals surface area (Å²) in [6.45, 7) is 6.92. The van der Waals surface area contributed by atoms with Crippen LogP contribution < -0.4 is 13.6 Å². The molecule has 0 aliphatic heterocycles. The molecule has 0 aliphatic carbocycles. The summed E-state index contributed by atoms with van der Waals surface area (Å²) in [7, 11) is -4.57. The first-order valence-corrected chi connectivity index (χ1v) is 31.1. The number of rotatable bonds is 21. The van der Waals surface area contributed by atoms with E-state index < -0.39 is 24.1 Å². The van der Waals surface area contributed by atoms with Crippen molar-refractivity contribution < 1.29 is 18.1 Å². The molecule has 0 aliphatic rings. The van der Waals surface area contributed by atoms with Crippen molar-refractivity contribution in [2.75, 3.05) is 0 Å². The predicted molar refractivity (Wildman–Crippen MR) is 352 cm³/mol. The highest BCUT2D eigenvalue weighted by Crippen LogP contribution is 2.55. The molecular weight excluding hydrogens is 1070 g/mol. The second-order valence-electron chi connectivity index (χ2n) is 22.8. The van der Waals surface area contributed by atoms with Crippen LogP contribution in [0.15, 0.2) is 346 Å². The number of phosphoric ester groups is 1. The molecule has 0 saturated heterocycles. The first-order valence-electron chi connectivity index (χ1n) is 29.6. The Bertz CT molecular complexity index is 3550. The Balaban J connectivity index is 0.940. The quantitative estimate of drug-likeness (QED) is 0.0673. The summed E-state index contributed by atoms with van der Waals surface area (Å²) < 4.78 is 36.0. The van der Waals surface area contributed by atoms with E-state index >= 15 is 4.57 Å². The van der Waals surface area contributed by atoms with Gasteiger partial charge < -0.3 is 13.6 Å². The van der Waals surface area contributed by atoms with Crippen molar-refractivity contribution in [3.63, 3.8) is 0 Å². The minimum atomic E-state index is -4.57. The largest absolute Gasteiger partial charge is 0.647 e. The fourth-order valence-corrected chi connectivity index (χ4v) is 14.6. The molecular formula is C81H69O4P. The summed E-state index contributed by atoms with van der Waals surface area (Å²) in [6, 6.07) is 120. The number of phosphoric acid groups is 1. The number of benzene rings is 12. The molecule has 12 rings (SSSR count). The van der Waals surface area contributed by atoms with Gasteiger partial charge in [-0.3, -0.25) is 0 Å². The van der Waals surface area contributed by atoms with Crippen LogP contribution in [0.2, 0.25) is 0 Å². The highest BCUT2D eigenvalue weighted by atomic mass is 31.2. The van der Waals surface area contributed by atoms with Crippen LogP contribution in [-0.4, -0.2) is 0 Å². The average molecular weight is 1140 g/mol. The smallest absolute Gasteiger partial charge is 0.386 e. The Hall–Kier alpha value is -9.73. The fraction of sp³-hybridized carbons (Fsp3) is 0.111. The van der Waals surface area contributed by atoms with Gasteiger partial charge in [0, 0.05) is 34.0 Å². The van der Waals surface area contributed by atoms with Gasteiger partial charge in [0.15, 0.2) is 0 Å². The number of hydrogen-bond acceptors (Lipinski definition) is 4. The van der Waals surface area contributed by atoms with Gasteiger partial charge in [0.05, 0.1) is 0 Å². The third kappa shape index (κ3) is 11.6. The highest BCUT2D eigenvalue weighted by molar-refractivity contribution is 7.49. The first kappa shape index (κ1) is 56.7. The molecule has 4 nitrogen and oxygen atoms in total. The molecule has 0 spiro atoms. The summed E-state index contributed by atoms with van der Waals surface area (Å²) in [5, 5.41) is 0. The van der Waals surface area contributed by atoms with Gasteiger partial charge in [-0.25, -0.2) is 0 Å². The monoisotopic (exact) mass is 1140 g/mol. The van der Waals surface area contributed by atoms with E-state index in [-0.39, 0.29) is 17.8 Å². The maximum absolute atomic E-state index is 16.0. The third-order valence-corrected chi connectivity index (χ3v) is 19.0. The van der Waals surface area contributed by atoms with Crippen molar-refractivity contribution in [2.24, 2.45) is 0 Å². The van der Waals surface area contributed by atoms with Crippen molar-refractivity contribution in [1.29, 1.82) is 0 Å². The molecule has 0 radical (unpaired) electrons. The van der Waals surface area contributed by atoms with Crippen LogP contribution in [0.25, 0.3) is 0 Å². The first-order chi connectivity index (χ1) is 42.1. The zero-order valence-electron chi connectivity index (χ0n) is 48.7. The summed E-state index contributed by atoms with van der Waals surface area (Å²) in [5.41, 5.74) is 12.0. The molecule has 86 heavy (non-hydrogen) atoms. The van der Waals surface area contributed by atoms with E-state index in [4.69, 9.17) is 13.6 Å². The summed E-state index contributed by atoms with van der Waals surface area (Å²) in [5.74, 6) is 0.774. The molecule has 5 heteroatoms. The molecule has 0 heterocycles. The number of hydrogen-bond donors (Lipinski definition) is 0. The van der Waals surface area contributed by atoms with Crippen LogP contribution in [0.4, 0.5) is 0 Å². The zero-order valence-corrected chi connectivity index (χ0v) is 49.6. The zero-order chi connectivity index (χ0) is 58.8. The molecule has 0 N–H and O–H groups in total. The Labute approximate surface area is 507 Å². The second kappa shape index (κ2) is 25.2. The van der Waals surface area contributed by atoms with Crippen molar-refractivity contribution in [1.82, 2.24) is 0 Å². The minimum absolute atomic E-state index is 0.0680. The molecule has 3 unspecified atom stereocenters. The maximum Gasteiger partial charge on any atom is 0.647 e. The standard InChI is InChI=1S/C81H69O4P/c1-79(67-43-25-10-26-44-67,76(61-31-13-4-14-32-61)62-33-15-5-16-34-62)70-49-55-73(56-50-70)83-86(82,84-74-57-51-71(52-58-74)80(2,68-45-27-11-28-46-68)77(63-35-17-6-18-36-63)64-37-19-7-20-38-64)85-75-59-53-72(54-60-75)81(3,69-47-29-12-30-48-69)78(65-39-21-8-22-40-65)66-41-23-9-24-42-66/h4-60,76-78H,1-3H3. The molecule has 12 aromatic rings. The fourth-order valence-electron chi connectivity index (χ4n) is 13.3. The van der Waals surface area contributed by atoms with Crippen LogP contribution in [0, 0.1) is 0 Å². The molecule has 0 amide bonds. The van der Waals surface area contributed by atoms with Crippen molar-refractivity contribution in [3.05, 3.63) is 413 Å². The molecule has 0 aromatic heterocycles. The lowest BCUT2D eigenvalue weighted by atomic mass is 9.62. The van der Waals surface area contributed by atoms with Gasteiger partial charge in [-0.15, -0.1) is 0 Å². The van der Waals surface area contributed by atoms with Gasteiger partial charge in [0.25, 0.3) is 0 Å². The Morgan fingerprint density at radius 3 is 0.547 bits per heavy atom. The van der Waals surface area contributed by atoms with Crippen LogP contribution >= 0.6 is 7.82 Å². The SMILES string of the molecule is CC(c1ccccc1)(c1ccc(OP(=O)(Oc2ccc(C(C)(c3ccccc3)C(c3ccccc3)c3ccccc3)cc2)Oc2ccc(C(C)(c3ccccc3)C(c3ccccc3)c3ccccc3)cc2)cc1)C(c1ccccc1)c1ccccc1. The van der Waals surface area contributed by atoms with Crippen molar-refractivity contribution >= 4 is 7.82 Å². The van der Waals surface area contributed by atoms with Crippen LogP contribution in [0.5, 0.6) is 17.2 Å². The molecule has 0 fully saturated rings. The Morgan fingerprint density at radius 1 is 0.221 bits per heavy atom. The molecule has 12 aromatic carbocycles. The van der Waals surface area contributed by atoms with Gasteiger partial charge >= 0.3 is 7.82 Å². The molecule has 0 saturated carbocycles. The molecule has 0 bridgehead atoms. The van der Waals surface area contributed by atoms with E-state index in [0.29, 0.717) is 17.2 Å².